The average molecular weight is 733 g/mol. The van der Waals surface area contributed by atoms with Gasteiger partial charge in [-0.25, -0.2) is 15.0 Å². The van der Waals surface area contributed by atoms with E-state index in [4.69, 9.17) is 15.0 Å². The first-order valence-electron chi connectivity index (χ1n) is 18.8. The Balaban J connectivity index is 1.09. The summed E-state index contributed by atoms with van der Waals surface area (Å²) in [5.41, 5.74) is 10.6. The van der Waals surface area contributed by atoms with Crippen LogP contribution in [0.3, 0.4) is 0 Å². The van der Waals surface area contributed by atoms with E-state index >= 15 is 0 Å². The maximum Gasteiger partial charge on any atom is 0.166 e. The molecule has 0 saturated heterocycles. The molecule has 56 heavy (non-hydrogen) atoms. The highest BCUT2D eigenvalue weighted by Crippen LogP contribution is 2.39. The van der Waals surface area contributed by atoms with E-state index in [2.05, 4.69) is 180 Å². The van der Waals surface area contributed by atoms with Gasteiger partial charge in [0.2, 0.25) is 0 Å². The maximum atomic E-state index is 5.27. The van der Waals surface area contributed by atoms with Crippen LogP contribution in [0.4, 0.5) is 0 Å². The number of rotatable bonds is 6. The molecular formula is C51H32N4S. The third-order valence-electron chi connectivity index (χ3n) is 10.7. The lowest BCUT2D eigenvalue weighted by Gasteiger charge is -2.16. The van der Waals surface area contributed by atoms with Gasteiger partial charge in [-0.15, -0.1) is 11.3 Å². The normalized spacial score (nSPS) is 11.6. The Morgan fingerprint density at radius 1 is 0.321 bits per heavy atom. The fourth-order valence-electron chi connectivity index (χ4n) is 7.96. The van der Waals surface area contributed by atoms with Crippen molar-refractivity contribution < 1.29 is 0 Å². The van der Waals surface area contributed by atoms with Crippen molar-refractivity contribution in [3.8, 4) is 62.1 Å². The fraction of sp³-hybridized carbons (Fsp3) is 0. The monoisotopic (exact) mass is 732 g/mol. The molecule has 0 spiro atoms. The van der Waals surface area contributed by atoms with Crippen LogP contribution in [0.5, 0.6) is 0 Å². The van der Waals surface area contributed by atoms with E-state index in [1.165, 1.54) is 36.5 Å². The first kappa shape index (κ1) is 32.2. The Morgan fingerprint density at radius 3 is 1.48 bits per heavy atom. The highest BCUT2D eigenvalue weighted by molar-refractivity contribution is 7.25. The van der Waals surface area contributed by atoms with Crippen LogP contribution in [0.2, 0.25) is 0 Å². The second kappa shape index (κ2) is 13.3. The first-order valence-corrected chi connectivity index (χ1v) is 19.6. The zero-order valence-corrected chi connectivity index (χ0v) is 31.0. The Labute approximate surface area is 327 Å². The molecule has 262 valence electrons. The molecular weight excluding hydrogens is 701 g/mol. The van der Waals surface area contributed by atoms with Gasteiger partial charge in [-0.05, 0) is 58.7 Å². The van der Waals surface area contributed by atoms with E-state index in [0.29, 0.717) is 17.5 Å². The SMILES string of the molecule is c1ccc(-c2ccc(-c3nc(-c4ccccc4)nc(-c4ccc(-c5ccc6c(c5)sc5ccccc56)cc4)n3)c(-n3c4ccccc4c4ccccc43)c2)cc1. The average Bonchev–Trinajstić information content (AvgIpc) is 3.82. The predicted molar refractivity (Wildman–Crippen MR) is 234 cm³/mol. The van der Waals surface area contributed by atoms with Gasteiger partial charge in [-0.2, -0.15) is 0 Å². The summed E-state index contributed by atoms with van der Waals surface area (Å²) >= 11 is 1.84. The lowest BCUT2D eigenvalue weighted by molar-refractivity contribution is 1.06. The second-order valence-electron chi connectivity index (χ2n) is 14.0. The van der Waals surface area contributed by atoms with Gasteiger partial charge < -0.3 is 4.57 Å². The van der Waals surface area contributed by atoms with E-state index in [0.717, 1.165) is 50.1 Å². The van der Waals surface area contributed by atoms with Crippen LogP contribution in [0.15, 0.2) is 194 Å². The Bertz CT molecular complexity index is 3180. The van der Waals surface area contributed by atoms with Gasteiger partial charge in [0, 0.05) is 47.6 Å². The van der Waals surface area contributed by atoms with Crippen LogP contribution in [0.25, 0.3) is 104 Å². The summed E-state index contributed by atoms with van der Waals surface area (Å²) < 4.78 is 4.96. The number of nitrogens with zero attached hydrogens (tertiary/aromatic N) is 4. The third kappa shape index (κ3) is 5.48. The van der Waals surface area contributed by atoms with Gasteiger partial charge in [-0.3, -0.25) is 0 Å². The van der Waals surface area contributed by atoms with Crippen molar-refractivity contribution in [1.82, 2.24) is 19.5 Å². The van der Waals surface area contributed by atoms with Crippen LogP contribution in [-0.2, 0) is 0 Å². The Kier molecular flexibility index (Phi) is 7.64. The van der Waals surface area contributed by atoms with Gasteiger partial charge in [0.25, 0.3) is 0 Å². The zero-order valence-electron chi connectivity index (χ0n) is 30.2. The summed E-state index contributed by atoms with van der Waals surface area (Å²) in [5, 5.41) is 5.01. The summed E-state index contributed by atoms with van der Waals surface area (Å²) in [6.45, 7) is 0. The van der Waals surface area contributed by atoms with Crippen molar-refractivity contribution in [1.29, 1.82) is 0 Å². The van der Waals surface area contributed by atoms with Gasteiger partial charge >= 0.3 is 0 Å². The quantitative estimate of drug-likeness (QED) is 0.171. The molecule has 11 aromatic rings. The molecule has 0 aliphatic rings. The lowest BCUT2D eigenvalue weighted by atomic mass is 10.0. The lowest BCUT2D eigenvalue weighted by Crippen LogP contribution is -2.04. The Hall–Kier alpha value is -7.21. The molecule has 0 aliphatic carbocycles. The minimum absolute atomic E-state index is 0.615. The predicted octanol–water partition coefficient (Wildman–Crippen LogP) is 13.7. The standard InChI is InChI=1S/C51H32N4S/c1-3-13-33(14-4-1)37-28-30-43(46(31-37)55-44-20-10-7-17-39(44)40-18-8-11-21-45(40)55)51-53-49(35-15-5-2-6-16-35)52-50(54-51)36-25-23-34(24-26-36)38-27-29-42-41-19-9-12-22-47(41)56-48(42)32-38/h1-32H. The molecule has 0 fully saturated rings. The molecule has 0 unspecified atom stereocenters. The molecule has 11 rings (SSSR count). The van der Waals surface area contributed by atoms with Crippen molar-refractivity contribution in [3.05, 3.63) is 194 Å². The van der Waals surface area contributed by atoms with Crippen molar-refractivity contribution in [2.24, 2.45) is 0 Å². The first-order chi connectivity index (χ1) is 27.7. The second-order valence-corrected chi connectivity index (χ2v) is 15.1. The summed E-state index contributed by atoms with van der Waals surface area (Å²) in [7, 11) is 0. The van der Waals surface area contributed by atoms with Gasteiger partial charge in [-0.1, -0.05) is 158 Å². The summed E-state index contributed by atoms with van der Waals surface area (Å²) in [4.78, 5) is 15.6. The number of benzene rings is 8. The molecule has 8 aromatic carbocycles. The molecule has 3 heterocycles. The molecule has 4 nitrogen and oxygen atoms in total. The minimum Gasteiger partial charge on any atom is -0.308 e. The maximum absolute atomic E-state index is 5.27. The molecule has 0 bridgehead atoms. The molecule has 0 N–H and O–H groups in total. The van der Waals surface area contributed by atoms with Crippen LogP contribution >= 0.6 is 11.3 Å². The van der Waals surface area contributed by atoms with E-state index in [1.807, 2.05) is 29.5 Å². The smallest absolute Gasteiger partial charge is 0.166 e. The van der Waals surface area contributed by atoms with Crippen molar-refractivity contribution in [2.75, 3.05) is 0 Å². The van der Waals surface area contributed by atoms with E-state index in [-0.39, 0.29) is 0 Å². The van der Waals surface area contributed by atoms with Crippen molar-refractivity contribution >= 4 is 53.3 Å². The van der Waals surface area contributed by atoms with E-state index in [1.54, 1.807) is 0 Å². The number of fused-ring (bicyclic) bond motifs is 6. The number of hydrogen-bond donors (Lipinski definition) is 0. The molecule has 0 saturated carbocycles. The summed E-state index contributed by atoms with van der Waals surface area (Å²) in [6, 6.07) is 68.6. The van der Waals surface area contributed by atoms with Crippen LogP contribution < -0.4 is 0 Å². The van der Waals surface area contributed by atoms with Gasteiger partial charge in [0.05, 0.1) is 16.7 Å². The van der Waals surface area contributed by atoms with Crippen LogP contribution in [0, 0.1) is 0 Å². The minimum atomic E-state index is 0.615. The molecule has 5 heteroatoms. The van der Waals surface area contributed by atoms with E-state index < -0.39 is 0 Å². The molecule has 3 aromatic heterocycles. The van der Waals surface area contributed by atoms with Gasteiger partial charge in [0.15, 0.2) is 17.5 Å². The number of thiophene rings is 1. The van der Waals surface area contributed by atoms with Gasteiger partial charge in [0.1, 0.15) is 0 Å². The van der Waals surface area contributed by atoms with Crippen LogP contribution in [-0.4, -0.2) is 19.5 Å². The largest absolute Gasteiger partial charge is 0.308 e. The highest BCUT2D eigenvalue weighted by atomic mass is 32.1. The highest BCUT2D eigenvalue weighted by Gasteiger charge is 2.20. The topological polar surface area (TPSA) is 43.6 Å². The fourth-order valence-corrected chi connectivity index (χ4v) is 9.10. The number of hydrogen-bond acceptors (Lipinski definition) is 4. The zero-order chi connectivity index (χ0) is 37.0. The van der Waals surface area contributed by atoms with Crippen molar-refractivity contribution in [3.63, 3.8) is 0 Å². The van der Waals surface area contributed by atoms with Crippen LogP contribution in [0.1, 0.15) is 0 Å². The summed E-state index contributed by atoms with van der Waals surface area (Å²) in [5.74, 6) is 1.87. The molecule has 0 aliphatic heterocycles. The third-order valence-corrected chi connectivity index (χ3v) is 11.8. The number of para-hydroxylation sites is 2. The Morgan fingerprint density at radius 2 is 0.786 bits per heavy atom. The number of aromatic nitrogens is 4. The summed E-state index contributed by atoms with van der Waals surface area (Å²) in [6.07, 6.45) is 0. The molecule has 0 radical (unpaired) electrons. The molecule has 0 amide bonds. The van der Waals surface area contributed by atoms with Crippen molar-refractivity contribution in [2.45, 2.75) is 0 Å². The van der Waals surface area contributed by atoms with E-state index in [9.17, 15) is 0 Å². The molecule has 0 atom stereocenters.